The van der Waals surface area contributed by atoms with Gasteiger partial charge >= 0.3 is 0 Å². The zero-order chi connectivity index (χ0) is 21.0. The number of carbonyl (C=O) groups excluding carboxylic acids is 1. The number of pyridine rings is 1. The van der Waals surface area contributed by atoms with Gasteiger partial charge in [-0.2, -0.15) is 0 Å². The van der Waals surface area contributed by atoms with Gasteiger partial charge in [0.15, 0.2) is 5.82 Å². The van der Waals surface area contributed by atoms with Gasteiger partial charge in [0.05, 0.1) is 0 Å². The van der Waals surface area contributed by atoms with Crippen molar-refractivity contribution in [3.8, 4) is 22.5 Å². The molecule has 6 nitrogen and oxygen atoms in total. The number of rotatable bonds is 6. The topological polar surface area (TPSA) is 72.7 Å². The van der Waals surface area contributed by atoms with E-state index in [1.54, 1.807) is 12.4 Å². The molecule has 6 heteroatoms. The zero-order valence-corrected chi connectivity index (χ0v) is 17.8. The quantitative estimate of drug-likeness (QED) is 0.583. The van der Waals surface area contributed by atoms with E-state index in [0.29, 0.717) is 17.8 Å². The summed E-state index contributed by atoms with van der Waals surface area (Å²) in [4.78, 5) is 26.3. The van der Waals surface area contributed by atoms with E-state index in [-0.39, 0.29) is 5.91 Å². The van der Waals surface area contributed by atoms with Gasteiger partial charge in [-0.3, -0.25) is 9.78 Å². The van der Waals surface area contributed by atoms with Crippen molar-refractivity contribution < 1.29 is 4.79 Å². The predicted octanol–water partition coefficient (Wildman–Crippen LogP) is 4.87. The van der Waals surface area contributed by atoms with Gasteiger partial charge in [0.2, 0.25) is 0 Å². The summed E-state index contributed by atoms with van der Waals surface area (Å²) in [6.07, 6.45) is 18.9. The summed E-state index contributed by atoms with van der Waals surface area (Å²) < 4.78 is 2.13. The van der Waals surface area contributed by atoms with E-state index >= 15 is 0 Å². The van der Waals surface area contributed by atoms with Gasteiger partial charge in [-0.05, 0) is 49.8 Å². The highest BCUT2D eigenvalue weighted by Gasteiger charge is 2.25. The molecule has 3 aromatic heterocycles. The Hall–Kier alpha value is -3.02. The highest BCUT2D eigenvalue weighted by atomic mass is 16.2. The van der Waals surface area contributed by atoms with Crippen molar-refractivity contribution in [3.63, 3.8) is 0 Å². The van der Waals surface area contributed by atoms with Crippen LogP contribution in [0.25, 0.3) is 22.5 Å². The average Bonchev–Trinajstić information content (AvgIpc) is 3.57. The van der Waals surface area contributed by atoms with Crippen LogP contribution in [0.5, 0.6) is 0 Å². The molecule has 0 unspecified atom stereocenters. The lowest BCUT2D eigenvalue weighted by Crippen LogP contribution is -2.35. The third-order valence-electron chi connectivity index (χ3n) is 6.38. The standard InChI is InChI=1S/C25H29N5O/c31-25(29-22-7-3-1-2-4-8-22)23-12-20(17-30(23)16-18-9-10-18)21-14-27-24(28-15-21)19-6-5-11-26-13-19/h5-6,11-15,17-18,22H,1-4,7-10,16H2,(H,29,31). The number of hydrogen-bond donors (Lipinski definition) is 1. The van der Waals surface area contributed by atoms with Crippen molar-refractivity contribution in [1.82, 2.24) is 24.8 Å². The second kappa shape index (κ2) is 9.00. The summed E-state index contributed by atoms with van der Waals surface area (Å²) in [7, 11) is 0. The highest BCUT2D eigenvalue weighted by molar-refractivity contribution is 5.94. The lowest BCUT2D eigenvalue weighted by atomic mass is 10.1. The molecule has 160 valence electrons. The molecule has 3 heterocycles. The van der Waals surface area contributed by atoms with Crippen LogP contribution in [-0.4, -0.2) is 31.5 Å². The van der Waals surface area contributed by atoms with E-state index in [1.165, 1.54) is 38.5 Å². The molecule has 0 radical (unpaired) electrons. The van der Waals surface area contributed by atoms with Crippen LogP contribution in [0.2, 0.25) is 0 Å². The molecule has 0 atom stereocenters. The summed E-state index contributed by atoms with van der Waals surface area (Å²) in [5.74, 6) is 1.39. The fourth-order valence-corrected chi connectivity index (χ4v) is 4.39. The lowest BCUT2D eigenvalue weighted by Gasteiger charge is -2.17. The predicted molar refractivity (Wildman–Crippen MR) is 120 cm³/mol. The first-order valence-electron chi connectivity index (χ1n) is 11.5. The molecule has 2 saturated carbocycles. The van der Waals surface area contributed by atoms with Gasteiger partial charge < -0.3 is 9.88 Å². The van der Waals surface area contributed by atoms with Crippen molar-refractivity contribution in [1.29, 1.82) is 0 Å². The molecule has 0 spiro atoms. The minimum atomic E-state index is 0.0479. The maximum Gasteiger partial charge on any atom is 0.268 e. The first kappa shape index (κ1) is 19.9. The zero-order valence-electron chi connectivity index (χ0n) is 17.8. The lowest BCUT2D eigenvalue weighted by molar-refractivity contribution is 0.0923. The molecule has 1 N–H and O–H groups in total. The summed E-state index contributed by atoms with van der Waals surface area (Å²) in [6.45, 7) is 0.905. The van der Waals surface area contributed by atoms with Crippen LogP contribution in [0.4, 0.5) is 0 Å². The molecule has 0 saturated heterocycles. The van der Waals surface area contributed by atoms with Crippen LogP contribution in [0, 0.1) is 5.92 Å². The maximum absolute atomic E-state index is 13.2. The minimum Gasteiger partial charge on any atom is -0.348 e. The van der Waals surface area contributed by atoms with E-state index in [2.05, 4.69) is 31.0 Å². The summed E-state index contributed by atoms with van der Waals surface area (Å²) in [6, 6.07) is 6.12. The Labute approximate surface area is 183 Å². The van der Waals surface area contributed by atoms with Crippen molar-refractivity contribution in [2.45, 2.75) is 64.0 Å². The van der Waals surface area contributed by atoms with E-state index in [4.69, 9.17) is 0 Å². The molecule has 0 aliphatic heterocycles. The molecule has 31 heavy (non-hydrogen) atoms. The summed E-state index contributed by atoms with van der Waals surface area (Å²) >= 11 is 0. The van der Waals surface area contributed by atoms with Crippen LogP contribution in [0.15, 0.2) is 49.2 Å². The largest absolute Gasteiger partial charge is 0.348 e. The number of amides is 1. The Morgan fingerprint density at radius 2 is 1.74 bits per heavy atom. The van der Waals surface area contributed by atoms with Crippen molar-refractivity contribution in [3.05, 3.63) is 54.9 Å². The van der Waals surface area contributed by atoms with Crippen molar-refractivity contribution >= 4 is 5.91 Å². The molecule has 2 fully saturated rings. The third-order valence-corrected chi connectivity index (χ3v) is 6.38. The Balaban J connectivity index is 1.38. The van der Waals surface area contributed by atoms with Gasteiger partial charge in [-0.15, -0.1) is 0 Å². The Morgan fingerprint density at radius 1 is 0.968 bits per heavy atom. The Morgan fingerprint density at radius 3 is 2.42 bits per heavy atom. The van der Waals surface area contributed by atoms with Gasteiger partial charge in [0.25, 0.3) is 5.91 Å². The SMILES string of the molecule is O=C(NC1CCCCCC1)c1cc(-c2cnc(-c3cccnc3)nc2)cn1CC1CC1. The van der Waals surface area contributed by atoms with Crippen LogP contribution >= 0.6 is 0 Å². The first-order chi connectivity index (χ1) is 15.3. The minimum absolute atomic E-state index is 0.0479. The van der Waals surface area contributed by atoms with E-state index in [9.17, 15) is 4.79 Å². The third kappa shape index (κ3) is 4.84. The van der Waals surface area contributed by atoms with Crippen LogP contribution in [0.3, 0.4) is 0 Å². The molecular formula is C25H29N5O. The second-order valence-electron chi connectivity index (χ2n) is 8.91. The van der Waals surface area contributed by atoms with Crippen molar-refractivity contribution in [2.24, 2.45) is 5.92 Å². The Kier molecular flexibility index (Phi) is 5.78. The number of nitrogens with one attached hydrogen (secondary N) is 1. The molecular weight excluding hydrogens is 386 g/mol. The fourth-order valence-electron chi connectivity index (χ4n) is 4.39. The summed E-state index contributed by atoms with van der Waals surface area (Å²) in [5, 5.41) is 3.31. The highest BCUT2D eigenvalue weighted by Crippen LogP contribution is 2.32. The number of carbonyl (C=O) groups is 1. The molecule has 5 rings (SSSR count). The van der Waals surface area contributed by atoms with Crippen LogP contribution in [0.1, 0.15) is 61.9 Å². The van der Waals surface area contributed by atoms with Crippen LogP contribution < -0.4 is 5.32 Å². The summed E-state index contributed by atoms with van der Waals surface area (Å²) in [5.41, 5.74) is 3.56. The van der Waals surface area contributed by atoms with E-state index in [1.807, 2.05) is 30.6 Å². The average molecular weight is 416 g/mol. The molecule has 1 amide bonds. The van der Waals surface area contributed by atoms with Crippen molar-refractivity contribution in [2.75, 3.05) is 0 Å². The van der Waals surface area contributed by atoms with E-state index in [0.717, 1.165) is 41.8 Å². The van der Waals surface area contributed by atoms with Gasteiger partial charge in [-0.25, -0.2) is 9.97 Å². The normalized spacial score (nSPS) is 17.3. The van der Waals surface area contributed by atoms with E-state index < -0.39 is 0 Å². The smallest absolute Gasteiger partial charge is 0.268 e. The van der Waals surface area contributed by atoms with Crippen LogP contribution in [-0.2, 0) is 6.54 Å². The van der Waals surface area contributed by atoms with Gasteiger partial charge in [0.1, 0.15) is 5.69 Å². The number of aromatic nitrogens is 4. The Bertz CT molecular complexity index is 1020. The maximum atomic E-state index is 13.2. The second-order valence-corrected chi connectivity index (χ2v) is 8.91. The van der Waals surface area contributed by atoms with Gasteiger partial charge in [-0.1, -0.05) is 25.7 Å². The molecule has 0 aromatic carbocycles. The fraction of sp³-hybridized carbons (Fsp3) is 0.440. The molecule has 2 aliphatic carbocycles. The molecule has 3 aromatic rings. The molecule has 0 bridgehead atoms. The first-order valence-corrected chi connectivity index (χ1v) is 11.5. The number of hydrogen-bond acceptors (Lipinski definition) is 4. The van der Waals surface area contributed by atoms with Gasteiger partial charge in [0, 0.05) is 60.3 Å². The number of nitrogens with zero attached hydrogens (tertiary/aromatic N) is 4. The monoisotopic (exact) mass is 415 g/mol. The molecule has 2 aliphatic rings.